The number of fused-ring (bicyclic) bond motifs is 1. The molecular formula is C15H20N4O. The van der Waals surface area contributed by atoms with Crippen LogP contribution in [0.25, 0.3) is 5.65 Å². The molecule has 2 aromatic heterocycles. The van der Waals surface area contributed by atoms with E-state index in [4.69, 9.17) is 5.73 Å². The summed E-state index contributed by atoms with van der Waals surface area (Å²) in [4.78, 5) is 18.6. The average molecular weight is 272 g/mol. The first-order chi connectivity index (χ1) is 9.69. The SMILES string of the molecule is CCN1CCC(c2cn3cccc(C(N)=O)c3n2)CC1. The highest BCUT2D eigenvalue weighted by Gasteiger charge is 2.22. The van der Waals surface area contributed by atoms with Gasteiger partial charge >= 0.3 is 0 Å². The Bertz CT molecular complexity index is 626. The highest BCUT2D eigenvalue weighted by Crippen LogP contribution is 2.27. The fourth-order valence-electron chi connectivity index (χ4n) is 2.97. The molecule has 5 heteroatoms. The summed E-state index contributed by atoms with van der Waals surface area (Å²) in [6.45, 7) is 5.56. The number of imidazole rings is 1. The number of amides is 1. The maximum Gasteiger partial charge on any atom is 0.252 e. The van der Waals surface area contributed by atoms with E-state index in [1.165, 1.54) is 0 Å². The van der Waals surface area contributed by atoms with Gasteiger partial charge in [-0.3, -0.25) is 4.79 Å². The van der Waals surface area contributed by atoms with Crippen molar-refractivity contribution in [2.75, 3.05) is 19.6 Å². The van der Waals surface area contributed by atoms with E-state index in [0.29, 0.717) is 17.1 Å². The zero-order valence-corrected chi connectivity index (χ0v) is 11.7. The summed E-state index contributed by atoms with van der Waals surface area (Å²) in [7, 11) is 0. The normalized spacial score (nSPS) is 17.6. The molecule has 1 aliphatic heterocycles. The number of pyridine rings is 1. The molecule has 3 rings (SSSR count). The molecule has 1 aliphatic rings. The van der Waals surface area contributed by atoms with Crippen molar-refractivity contribution < 1.29 is 4.79 Å². The van der Waals surface area contributed by atoms with Crippen LogP contribution in [0.3, 0.4) is 0 Å². The minimum Gasteiger partial charge on any atom is -0.365 e. The molecule has 3 heterocycles. The summed E-state index contributed by atoms with van der Waals surface area (Å²) in [5.74, 6) is 0.0620. The molecule has 5 nitrogen and oxygen atoms in total. The zero-order valence-electron chi connectivity index (χ0n) is 11.7. The molecule has 0 spiro atoms. The van der Waals surface area contributed by atoms with E-state index in [9.17, 15) is 4.79 Å². The van der Waals surface area contributed by atoms with Crippen molar-refractivity contribution in [3.8, 4) is 0 Å². The second kappa shape index (κ2) is 5.25. The number of aromatic nitrogens is 2. The minimum atomic E-state index is -0.423. The summed E-state index contributed by atoms with van der Waals surface area (Å²) in [5.41, 5.74) is 7.65. The zero-order chi connectivity index (χ0) is 14.1. The molecule has 20 heavy (non-hydrogen) atoms. The topological polar surface area (TPSA) is 63.6 Å². The van der Waals surface area contributed by atoms with Crippen LogP contribution in [0, 0.1) is 0 Å². The smallest absolute Gasteiger partial charge is 0.252 e. The molecule has 2 N–H and O–H groups in total. The first-order valence-electron chi connectivity index (χ1n) is 7.18. The van der Waals surface area contributed by atoms with Crippen molar-refractivity contribution in [3.05, 3.63) is 35.8 Å². The predicted molar refractivity (Wildman–Crippen MR) is 77.8 cm³/mol. The van der Waals surface area contributed by atoms with Crippen molar-refractivity contribution >= 4 is 11.6 Å². The van der Waals surface area contributed by atoms with E-state index in [2.05, 4.69) is 16.8 Å². The average Bonchev–Trinajstić information content (AvgIpc) is 2.90. The molecule has 1 amide bonds. The molecular weight excluding hydrogens is 252 g/mol. The maximum atomic E-state index is 11.4. The number of hydrogen-bond donors (Lipinski definition) is 1. The van der Waals surface area contributed by atoms with Crippen LogP contribution in [0.5, 0.6) is 0 Å². The summed E-state index contributed by atoms with van der Waals surface area (Å²) >= 11 is 0. The Morgan fingerprint density at radius 1 is 1.45 bits per heavy atom. The molecule has 106 valence electrons. The number of primary amides is 1. The summed E-state index contributed by atoms with van der Waals surface area (Å²) in [6.07, 6.45) is 6.21. The number of carbonyl (C=O) groups is 1. The van der Waals surface area contributed by atoms with Crippen LogP contribution >= 0.6 is 0 Å². The molecule has 0 aromatic carbocycles. The van der Waals surface area contributed by atoms with Crippen LogP contribution in [0.1, 0.15) is 41.7 Å². The number of rotatable bonds is 3. The van der Waals surface area contributed by atoms with Gasteiger partial charge in [-0.2, -0.15) is 0 Å². The predicted octanol–water partition coefficient (Wildman–Crippen LogP) is 1.63. The molecule has 0 unspecified atom stereocenters. The Kier molecular flexibility index (Phi) is 3.44. The third kappa shape index (κ3) is 2.29. The number of likely N-dealkylation sites (tertiary alicyclic amines) is 1. The van der Waals surface area contributed by atoms with Crippen LogP contribution < -0.4 is 5.73 Å². The number of hydrogen-bond acceptors (Lipinski definition) is 3. The third-order valence-corrected chi connectivity index (χ3v) is 4.22. The Labute approximate surface area is 118 Å². The number of carbonyl (C=O) groups excluding carboxylic acids is 1. The third-order valence-electron chi connectivity index (χ3n) is 4.22. The largest absolute Gasteiger partial charge is 0.365 e. The van der Waals surface area contributed by atoms with Crippen LogP contribution in [-0.2, 0) is 0 Å². The van der Waals surface area contributed by atoms with Gasteiger partial charge in [0.1, 0.15) is 5.65 Å². The second-order valence-electron chi connectivity index (χ2n) is 5.39. The van der Waals surface area contributed by atoms with Gasteiger partial charge in [-0.15, -0.1) is 0 Å². The van der Waals surface area contributed by atoms with E-state index in [-0.39, 0.29) is 0 Å². The Morgan fingerprint density at radius 3 is 2.85 bits per heavy atom. The molecule has 0 bridgehead atoms. The van der Waals surface area contributed by atoms with Gasteiger partial charge in [0.05, 0.1) is 11.3 Å². The number of nitrogens with zero attached hydrogens (tertiary/aromatic N) is 3. The monoisotopic (exact) mass is 272 g/mol. The van der Waals surface area contributed by atoms with Crippen LogP contribution in [0.15, 0.2) is 24.5 Å². The van der Waals surface area contributed by atoms with Gasteiger partial charge in [-0.05, 0) is 44.6 Å². The van der Waals surface area contributed by atoms with E-state index < -0.39 is 5.91 Å². The van der Waals surface area contributed by atoms with Gasteiger partial charge in [0.25, 0.3) is 5.91 Å². The minimum absolute atomic E-state index is 0.423. The number of nitrogens with two attached hydrogens (primary N) is 1. The molecule has 1 saturated heterocycles. The molecule has 0 atom stereocenters. The van der Waals surface area contributed by atoms with E-state index in [1.54, 1.807) is 6.07 Å². The van der Waals surface area contributed by atoms with Crippen molar-refractivity contribution in [1.29, 1.82) is 0 Å². The Morgan fingerprint density at radius 2 is 2.20 bits per heavy atom. The highest BCUT2D eigenvalue weighted by atomic mass is 16.1. The van der Waals surface area contributed by atoms with E-state index >= 15 is 0 Å². The number of piperidine rings is 1. The van der Waals surface area contributed by atoms with Crippen LogP contribution in [-0.4, -0.2) is 39.8 Å². The van der Waals surface area contributed by atoms with Gasteiger partial charge in [-0.1, -0.05) is 6.92 Å². The first-order valence-corrected chi connectivity index (χ1v) is 7.18. The molecule has 2 aromatic rings. The lowest BCUT2D eigenvalue weighted by Gasteiger charge is -2.30. The second-order valence-corrected chi connectivity index (χ2v) is 5.39. The van der Waals surface area contributed by atoms with Gasteiger partial charge in [0.15, 0.2) is 0 Å². The van der Waals surface area contributed by atoms with Gasteiger partial charge in [0.2, 0.25) is 0 Å². The Hall–Kier alpha value is -1.88. The fraction of sp³-hybridized carbons (Fsp3) is 0.467. The lowest BCUT2D eigenvalue weighted by atomic mass is 9.94. The molecule has 1 fully saturated rings. The lowest BCUT2D eigenvalue weighted by Crippen LogP contribution is -2.32. The fourth-order valence-corrected chi connectivity index (χ4v) is 2.97. The van der Waals surface area contributed by atoms with Crippen molar-refractivity contribution in [2.24, 2.45) is 5.73 Å². The van der Waals surface area contributed by atoms with E-state index in [0.717, 1.165) is 38.2 Å². The van der Waals surface area contributed by atoms with Crippen LogP contribution in [0.4, 0.5) is 0 Å². The summed E-state index contributed by atoms with van der Waals surface area (Å²) < 4.78 is 1.90. The van der Waals surface area contributed by atoms with Crippen molar-refractivity contribution in [2.45, 2.75) is 25.7 Å². The maximum absolute atomic E-state index is 11.4. The standard InChI is InChI=1S/C15H20N4O/c1-2-18-8-5-11(6-9-18)13-10-19-7-3-4-12(14(16)20)15(19)17-13/h3-4,7,10-11H,2,5-6,8-9H2,1H3,(H2,16,20). The highest BCUT2D eigenvalue weighted by molar-refractivity contribution is 5.98. The summed E-state index contributed by atoms with van der Waals surface area (Å²) in [5, 5.41) is 0. The van der Waals surface area contributed by atoms with Gasteiger partial charge in [-0.25, -0.2) is 4.98 Å². The first kappa shape index (κ1) is 13.1. The molecule has 0 saturated carbocycles. The summed E-state index contributed by atoms with van der Waals surface area (Å²) in [6, 6.07) is 3.56. The lowest BCUT2D eigenvalue weighted by molar-refractivity contribution is 0.100. The van der Waals surface area contributed by atoms with Gasteiger partial charge in [0, 0.05) is 18.3 Å². The van der Waals surface area contributed by atoms with Crippen LogP contribution in [0.2, 0.25) is 0 Å². The van der Waals surface area contributed by atoms with Crippen molar-refractivity contribution in [1.82, 2.24) is 14.3 Å². The van der Waals surface area contributed by atoms with Crippen molar-refractivity contribution in [3.63, 3.8) is 0 Å². The van der Waals surface area contributed by atoms with E-state index in [1.807, 2.05) is 22.9 Å². The van der Waals surface area contributed by atoms with Gasteiger partial charge < -0.3 is 15.0 Å². The molecule has 0 radical (unpaired) electrons. The Balaban J connectivity index is 1.90. The molecule has 0 aliphatic carbocycles. The quantitative estimate of drug-likeness (QED) is 0.923.